The van der Waals surface area contributed by atoms with Gasteiger partial charge in [0.1, 0.15) is 23.7 Å². The summed E-state index contributed by atoms with van der Waals surface area (Å²) in [5.41, 5.74) is -0.684. The number of hydrogen-bond acceptors (Lipinski definition) is 10. The number of ether oxygens (including phenoxy) is 4. The molecular formula is C36H48N4O9. The van der Waals surface area contributed by atoms with Gasteiger partial charge in [-0.1, -0.05) is 54.6 Å². The summed E-state index contributed by atoms with van der Waals surface area (Å²) in [6.07, 6.45) is 7.25. The minimum absolute atomic E-state index is 0.0425. The lowest BCUT2D eigenvalue weighted by Gasteiger charge is -2.37. The normalized spacial score (nSPS) is 33.1. The average molecular weight is 681 g/mol. The molecule has 1 aromatic rings. The van der Waals surface area contributed by atoms with Crippen LogP contribution in [0.2, 0.25) is 0 Å². The predicted molar refractivity (Wildman–Crippen MR) is 177 cm³/mol. The predicted octanol–water partition coefficient (Wildman–Crippen LogP) is 0.836. The maximum atomic E-state index is 14.8. The molecule has 49 heavy (non-hydrogen) atoms. The molecule has 0 unspecified atom stereocenters. The van der Waals surface area contributed by atoms with Gasteiger partial charge in [0.25, 0.3) is 0 Å². The van der Waals surface area contributed by atoms with Crippen LogP contribution in [0, 0.1) is 11.8 Å². The highest BCUT2D eigenvalue weighted by atomic mass is 16.6. The number of aliphatic hydroxyl groups is 1. The van der Waals surface area contributed by atoms with Gasteiger partial charge in [-0.2, -0.15) is 0 Å². The van der Waals surface area contributed by atoms with Gasteiger partial charge in [0.2, 0.25) is 17.7 Å². The van der Waals surface area contributed by atoms with Crippen LogP contribution >= 0.6 is 0 Å². The van der Waals surface area contributed by atoms with Gasteiger partial charge in [0.15, 0.2) is 0 Å². The Labute approximate surface area is 287 Å². The number of methoxy groups -OCH3 is 1. The molecular weight excluding hydrogens is 632 g/mol. The summed E-state index contributed by atoms with van der Waals surface area (Å²) < 4.78 is 23.8. The van der Waals surface area contributed by atoms with E-state index in [0.29, 0.717) is 51.1 Å². The topological polar surface area (TPSA) is 147 Å². The number of fused-ring (bicyclic) bond motifs is 2. The van der Waals surface area contributed by atoms with Crippen molar-refractivity contribution < 1.29 is 43.2 Å². The SMILES string of the molecule is COC[C@H]1NC(=O)CC/C=C\CN(CCN2CCOCC2)C(=O)[C@@H]2N(CCCCO)C(=O)[C@H]3[C@H](C(=O)O[C@@H]1c1ccccc1)[C@@H]1C=C[C@]23O1. The second-order valence-corrected chi connectivity index (χ2v) is 13.3. The van der Waals surface area contributed by atoms with Gasteiger partial charge in [-0.25, -0.2) is 0 Å². The summed E-state index contributed by atoms with van der Waals surface area (Å²) in [5.74, 6) is -3.45. The maximum absolute atomic E-state index is 14.8. The van der Waals surface area contributed by atoms with Gasteiger partial charge < -0.3 is 39.2 Å². The Balaban J connectivity index is 1.37. The molecule has 5 heterocycles. The summed E-state index contributed by atoms with van der Waals surface area (Å²) in [5, 5.41) is 12.5. The van der Waals surface area contributed by atoms with Crippen molar-refractivity contribution in [3.05, 3.63) is 60.2 Å². The number of nitrogens with one attached hydrogen (secondary N) is 1. The second-order valence-electron chi connectivity index (χ2n) is 13.3. The number of esters is 1. The van der Waals surface area contributed by atoms with Crippen LogP contribution in [0.5, 0.6) is 0 Å². The van der Waals surface area contributed by atoms with Gasteiger partial charge >= 0.3 is 5.97 Å². The van der Waals surface area contributed by atoms with E-state index >= 15 is 0 Å². The van der Waals surface area contributed by atoms with E-state index < -0.39 is 47.7 Å². The van der Waals surface area contributed by atoms with Crippen molar-refractivity contribution in [3.8, 4) is 0 Å². The van der Waals surface area contributed by atoms with Gasteiger partial charge in [-0.15, -0.1) is 0 Å². The van der Waals surface area contributed by atoms with Crippen molar-refractivity contribution in [1.29, 1.82) is 0 Å². The molecule has 2 N–H and O–H groups in total. The monoisotopic (exact) mass is 680 g/mol. The molecule has 1 aromatic carbocycles. The summed E-state index contributed by atoms with van der Waals surface area (Å²) in [6.45, 7) is 4.38. The zero-order valence-electron chi connectivity index (χ0n) is 28.1. The van der Waals surface area contributed by atoms with Crippen LogP contribution in [0.1, 0.15) is 37.4 Å². The Morgan fingerprint density at radius 1 is 1.00 bits per heavy atom. The second kappa shape index (κ2) is 15.9. The van der Waals surface area contributed by atoms with Gasteiger partial charge in [0.05, 0.1) is 37.9 Å². The number of cyclic esters (lactones) is 1. The summed E-state index contributed by atoms with van der Waals surface area (Å²) in [4.78, 5) is 62.3. The fraction of sp³-hybridized carbons (Fsp3) is 0.611. The number of carbonyl (C=O) groups is 4. The van der Waals surface area contributed by atoms with Crippen molar-refractivity contribution >= 4 is 23.7 Å². The molecule has 3 fully saturated rings. The Morgan fingerprint density at radius 2 is 1.80 bits per heavy atom. The lowest BCUT2D eigenvalue weighted by Crippen LogP contribution is -2.57. The van der Waals surface area contributed by atoms with Crippen molar-refractivity contribution in [1.82, 2.24) is 20.0 Å². The molecule has 3 saturated heterocycles. The highest BCUT2D eigenvalue weighted by molar-refractivity contribution is 5.99. The first-order valence-electron chi connectivity index (χ1n) is 17.4. The molecule has 5 aliphatic rings. The molecule has 3 amide bonds. The van der Waals surface area contributed by atoms with Crippen molar-refractivity contribution in [3.63, 3.8) is 0 Å². The standard InChI is InChI=1S/C36H48N4O9/c1-46-24-26-31(25-10-4-2-5-11-25)48-35(45)29-27-13-14-36(49-27)30(29)33(43)40(16-8-9-21-41)32(36)34(44)39(15-7-3-6-12-28(42)37-26)18-17-38-19-22-47-23-20-38/h2-5,7,10-11,13-14,26-27,29-32,41H,6,8-9,12,15-24H2,1H3,(H,37,42)/b7-3-/t26-,27+,29-,30-,31-,32+,36-/m1/s1. The molecule has 1 spiro atoms. The van der Waals surface area contributed by atoms with E-state index in [4.69, 9.17) is 18.9 Å². The van der Waals surface area contributed by atoms with E-state index in [1.54, 1.807) is 22.0 Å². The van der Waals surface area contributed by atoms with E-state index in [9.17, 15) is 24.3 Å². The first kappa shape index (κ1) is 35.2. The number of morpholine rings is 1. The average Bonchev–Trinajstić information content (AvgIpc) is 3.76. The van der Waals surface area contributed by atoms with Crippen molar-refractivity contribution in [2.45, 2.75) is 55.6 Å². The number of amides is 3. The zero-order valence-corrected chi connectivity index (χ0v) is 28.1. The first-order valence-corrected chi connectivity index (χ1v) is 17.4. The lowest BCUT2D eigenvalue weighted by molar-refractivity contribution is -0.162. The number of likely N-dealkylation sites (tertiary alicyclic amines) is 1. The van der Waals surface area contributed by atoms with Crippen LogP contribution in [-0.2, 0) is 38.1 Å². The highest BCUT2D eigenvalue weighted by Gasteiger charge is 2.73. The minimum Gasteiger partial charge on any atom is -0.455 e. The quantitative estimate of drug-likeness (QED) is 0.207. The maximum Gasteiger partial charge on any atom is 0.313 e. The minimum atomic E-state index is -1.35. The van der Waals surface area contributed by atoms with Crippen LogP contribution < -0.4 is 5.32 Å². The van der Waals surface area contributed by atoms with Crippen molar-refractivity contribution in [2.75, 3.05) is 72.8 Å². The molecule has 0 aliphatic carbocycles. The van der Waals surface area contributed by atoms with Crippen LogP contribution in [0.15, 0.2) is 54.6 Å². The third kappa shape index (κ3) is 7.32. The van der Waals surface area contributed by atoms with Gasteiger partial charge in [-0.05, 0) is 24.8 Å². The van der Waals surface area contributed by atoms with Gasteiger partial charge in [0, 0.05) is 59.4 Å². The van der Waals surface area contributed by atoms with E-state index in [1.165, 1.54) is 7.11 Å². The number of unbranched alkanes of at least 4 members (excludes halogenated alkanes) is 1. The van der Waals surface area contributed by atoms with Crippen LogP contribution in [-0.4, -0.2) is 140 Å². The number of aliphatic hydroxyl groups excluding tert-OH is 1. The molecule has 0 radical (unpaired) electrons. The zero-order chi connectivity index (χ0) is 34.4. The number of benzene rings is 1. The van der Waals surface area contributed by atoms with Gasteiger partial charge in [-0.3, -0.25) is 24.1 Å². The number of rotatable bonds is 10. The third-order valence-corrected chi connectivity index (χ3v) is 10.2. The highest BCUT2D eigenvalue weighted by Crippen LogP contribution is 2.56. The Morgan fingerprint density at radius 3 is 2.55 bits per heavy atom. The lowest BCUT2D eigenvalue weighted by atomic mass is 9.74. The summed E-state index contributed by atoms with van der Waals surface area (Å²) in [7, 11) is 1.52. The van der Waals surface area contributed by atoms with Crippen LogP contribution in [0.3, 0.4) is 0 Å². The molecule has 13 nitrogen and oxygen atoms in total. The molecule has 5 aliphatic heterocycles. The fourth-order valence-electron chi connectivity index (χ4n) is 7.83. The number of nitrogens with zero attached hydrogens (tertiary/aromatic N) is 3. The number of hydrogen-bond donors (Lipinski definition) is 2. The Bertz CT molecular complexity index is 1400. The van der Waals surface area contributed by atoms with E-state index in [0.717, 1.165) is 13.1 Å². The molecule has 0 saturated carbocycles. The molecule has 0 aromatic heterocycles. The largest absolute Gasteiger partial charge is 0.455 e. The summed E-state index contributed by atoms with van der Waals surface area (Å²) >= 11 is 0. The number of carbonyl (C=O) groups excluding carboxylic acids is 4. The summed E-state index contributed by atoms with van der Waals surface area (Å²) in [6, 6.07) is 7.44. The van der Waals surface area contributed by atoms with E-state index in [-0.39, 0.29) is 50.4 Å². The van der Waals surface area contributed by atoms with E-state index in [1.807, 2.05) is 42.5 Å². The number of allylic oxidation sites excluding steroid dienone is 1. The van der Waals surface area contributed by atoms with E-state index in [2.05, 4.69) is 10.2 Å². The van der Waals surface area contributed by atoms with Crippen LogP contribution in [0.25, 0.3) is 0 Å². The molecule has 6 rings (SSSR count). The third-order valence-electron chi connectivity index (χ3n) is 10.2. The Kier molecular flexibility index (Phi) is 11.5. The molecule has 266 valence electrons. The van der Waals surface area contributed by atoms with Crippen LogP contribution in [0.4, 0.5) is 0 Å². The molecule has 7 atom stereocenters. The molecule has 5 bridgehead atoms. The Hall–Kier alpha value is -3.62. The van der Waals surface area contributed by atoms with Crippen molar-refractivity contribution in [2.24, 2.45) is 11.8 Å². The smallest absolute Gasteiger partial charge is 0.313 e. The fourth-order valence-corrected chi connectivity index (χ4v) is 7.83. The first-order chi connectivity index (χ1) is 23.9. The molecule has 13 heteroatoms.